The van der Waals surface area contributed by atoms with Gasteiger partial charge in [-0.3, -0.25) is 9.69 Å². The molecule has 3 aliphatic rings. The molecule has 11 heteroatoms. The lowest BCUT2D eigenvalue weighted by Crippen LogP contribution is -2.40. The van der Waals surface area contributed by atoms with Gasteiger partial charge in [0, 0.05) is 36.5 Å². The number of carbonyl (C=O) groups is 1. The summed E-state index contributed by atoms with van der Waals surface area (Å²) in [5.74, 6) is -0.0704. The van der Waals surface area contributed by atoms with Crippen molar-refractivity contribution in [1.82, 2.24) is 19.0 Å². The average molecular weight is 581 g/mol. The highest BCUT2D eigenvalue weighted by Crippen LogP contribution is 2.39. The van der Waals surface area contributed by atoms with Crippen molar-refractivity contribution in [2.75, 3.05) is 26.3 Å². The molecule has 0 spiro atoms. The van der Waals surface area contributed by atoms with E-state index >= 15 is 0 Å². The fourth-order valence-corrected chi connectivity index (χ4v) is 8.11. The van der Waals surface area contributed by atoms with E-state index in [1.165, 1.54) is 16.1 Å². The van der Waals surface area contributed by atoms with Crippen molar-refractivity contribution in [2.24, 2.45) is 0 Å². The molecule has 6 rings (SSSR count). The predicted molar refractivity (Wildman–Crippen MR) is 156 cm³/mol. The van der Waals surface area contributed by atoms with E-state index < -0.39 is 10.0 Å². The summed E-state index contributed by atoms with van der Waals surface area (Å²) in [7, 11) is -3.68. The maximum atomic E-state index is 13.4. The first kappa shape index (κ1) is 26.4. The number of para-hydroxylation sites is 1. The first-order chi connectivity index (χ1) is 18.9. The maximum Gasteiger partial charge on any atom is 0.266 e. The summed E-state index contributed by atoms with van der Waals surface area (Å²) in [5.41, 5.74) is 2.81. The predicted octanol–water partition coefficient (Wildman–Crippen LogP) is 4.70. The van der Waals surface area contributed by atoms with Crippen LogP contribution in [0.2, 0.25) is 0 Å². The molecule has 1 aromatic heterocycles. The number of hydrogen-bond acceptors (Lipinski definition) is 7. The summed E-state index contributed by atoms with van der Waals surface area (Å²) < 4.78 is 35.9. The van der Waals surface area contributed by atoms with Crippen LogP contribution in [0.3, 0.4) is 0 Å². The SMILES string of the molecule is O=C1/C(=C/c2cn(-c3ccccc3)nc2-c2cccc(S(=O)(=O)N3CCOCC3)c2)SC(=S)N1C1CCCC1. The van der Waals surface area contributed by atoms with E-state index in [0.717, 1.165) is 31.4 Å². The topological polar surface area (TPSA) is 84.7 Å². The largest absolute Gasteiger partial charge is 0.379 e. The number of sulfonamides is 1. The van der Waals surface area contributed by atoms with Gasteiger partial charge in [0.25, 0.3) is 5.91 Å². The third-order valence-corrected chi connectivity index (χ3v) is 10.5. The first-order valence-electron chi connectivity index (χ1n) is 13.0. The van der Waals surface area contributed by atoms with Gasteiger partial charge in [-0.15, -0.1) is 0 Å². The smallest absolute Gasteiger partial charge is 0.266 e. The number of carbonyl (C=O) groups excluding carboxylic acids is 1. The summed E-state index contributed by atoms with van der Waals surface area (Å²) in [6.45, 7) is 1.40. The Morgan fingerprint density at radius 2 is 1.77 bits per heavy atom. The molecule has 39 heavy (non-hydrogen) atoms. The Kier molecular flexibility index (Phi) is 7.43. The summed E-state index contributed by atoms with van der Waals surface area (Å²) in [4.78, 5) is 16.0. The highest BCUT2D eigenvalue weighted by Gasteiger charge is 2.38. The molecular formula is C28H28N4O4S3. The number of nitrogens with zero attached hydrogens (tertiary/aromatic N) is 4. The molecule has 1 aliphatic carbocycles. The second-order valence-electron chi connectivity index (χ2n) is 9.75. The Labute approximate surface area is 237 Å². The zero-order chi connectivity index (χ0) is 27.0. The monoisotopic (exact) mass is 580 g/mol. The van der Waals surface area contributed by atoms with Crippen LogP contribution < -0.4 is 0 Å². The molecule has 0 unspecified atom stereocenters. The van der Waals surface area contributed by atoms with E-state index in [9.17, 15) is 13.2 Å². The number of thioether (sulfide) groups is 1. The summed E-state index contributed by atoms with van der Waals surface area (Å²) in [6.07, 6.45) is 7.87. The molecule has 3 fully saturated rings. The highest BCUT2D eigenvalue weighted by atomic mass is 32.2. The maximum absolute atomic E-state index is 13.4. The van der Waals surface area contributed by atoms with Crippen molar-refractivity contribution in [2.45, 2.75) is 36.6 Å². The third kappa shape index (κ3) is 5.21. The molecule has 0 atom stereocenters. The number of thiocarbonyl (C=S) groups is 1. The molecule has 202 valence electrons. The highest BCUT2D eigenvalue weighted by molar-refractivity contribution is 8.26. The lowest BCUT2D eigenvalue weighted by atomic mass is 10.1. The molecule has 3 aromatic rings. The molecule has 2 aliphatic heterocycles. The molecule has 3 heterocycles. The van der Waals surface area contributed by atoms with Gasteiger partial charge in [0.15, 0.2) is 0 Å². The van der Waals surface area contributed by atoms with Gasteiger partial charge in [-0.25, -0.2) is 13.1 Å². The zero-order valence-corrected chi connectivity index (χ0v) is 23.7. The van der Waals surface area contributed by atoms with Crippen molar-refractivity contribution >= 4 is 50.3 Å². The number of ether oxygens (including phenoxy) is 1. The van der Waals surface area contributed by atoms with Gasteiger partial charge in [-0.05, 0) is 43.2 Å². The van der Waals surface area contributed by atoms with Crippen LogP contribution in [-0.4, -0.2) is 70.0 Å². The van der Waals surface area contributed by atoms with Gasteiger partial charge < -0.3 is 4.74 Å². The van der Waals surface area contributed by atoms with Gasteiger partial charge in [0.1, 0.15) is 10.0 Å². The van der Waals surface area contributed by atoms with Crippen LogP contribution in [0.5, 0.6) is 0 Å². The number of morpholine rings is 1. The number of hydrogen-bond donors (Lipinski definition) is 0. The molecule has 1 amide bonds. The van der Waals surface area contributed by atoms with Crippen molar-refractivity contribution in [1.29, 1.82) is 0 Å². The Hall–Kier alpha value is -2.83. The van der Waals surface area contributed by atoms with Crippen molar-refractivity contribution in [3.05, 3.63) is 71.3 Å². The second kappa shape index (κ2) is 11.0. The molecule has 0 N–H and O–H groups in total. The van der Waals surface area contributed by atoms with Crippen molar-refractivity contribution < 1.29 is 17.9 Å². The Morgan fingerprint density at radius 1 is 1.03 bits per heavy atom. The van der Waals surface area contributed by atoms with E-state index in [1.54, 1.807) is 27.8 Å². The molecule has 0 bridgehead atoms. The van der Waals surface area contributed by atoms with Crippen LogP contribution >= 0.6 is 24.0 Å². The molecule has 1 saturated carbocycles. The second-order valence-corrected chi connectivity index (χ2v) is 13.4. The van der Waals surface area contributed by atoms with Gasteiger partial charge in [-0.1, -0.05) is 67.2 Å². The minimum Gasteiger partial charge on any atom is -0.379 e. The number of benzene rings is 2. The van der Waals surface area contributed by atoms with E-state index in [4.69, 9.17) is 22.1 Å². The average Bonchev–Trinajstić information content (AvgIpc) is 3.70. The van der Waals surface area contributed by atoms with Crippen molar-refractivity contribution in [3.63, 3.8) is 0 Å². The summed E-state index contributed by atoms with van der Waals surface area (Å²) in [6, 6.07) is 16.7. The Bertz CT molecular complexity index is 1540. The normalized spacial score (nSPS) is 20.4. The van der Waals surface area contributed by atoms with Gasteiger partial charge in [-0.2, -0.15) is 9.40 Å². The number of amides is 1. The lowest BCUT2D eigenvalue weighted by Gasteiger charge is -2.26. The minimum atomic E-state index is -3.68. The number of rotatable bonds is 6. The Morgan fingerprint density at radius 3 is 2.51 bits per heavy atom. The van der Waals surface area contributed by atoms with Gasteiger partial charge >= 0.3 is 0 Å². The van der Waals surface area contributed by atoms with Crippen LogP contribution in [0.25, 0.3) is 23.0 Å². The molecular weight excluding hydrogens is 553 g/mol. The van der Waals surface area contributed by atoms with Crippen LogP contribution in [-0.2, 0) is 19.6 Å². The number of aromatic nitrogens is 2. The van der Waals surface area contributed by atoms with E-state index in [0.29, 0.717) is 52.3 Å². The first-order valence-corrected chi connectivity index (χ1v) is 15.7. The Balaban J connectivity index is 1.41. The molecule has 2 aromatic carbocycles. The lowest BCUT2D eigenvalue weighted by molar-refractivity contribution is -0.123. The van der Waals surface area contributed by atoms with Crippen LogP contribution in [0.15, 0.2) is 70.6 Å². The summed E-state index contributed by atoms with van der Waals surface area (Å²) >= 11 is 6.92. The zero-order valence-electron chi connectivity index (χ0n) is 21.2. The molecule has 8 nitrogen and oxygen atoms in total. The third-order valence-electron chi connectivity index (χ3n) is 7.28. The van der Waals surface area contributed by atoms with Crippen LogP contribution in [0.4, 0.5) is 0 Å². The van der Waals surface area contributed by atoms with Crippen LogP contribution in [0.1, 0.15) is 31.2 Å². The molecule has 2 saturated heterocycles. The quantitative estimate of drug-likeness (QED) is 0.309. The van der Waals surface area contributed by atoms with E-state index in [1.807, 2.05) is 48.7 Å². The van der Waals surface area contributed by atoms with E-state index in [-0.39, 0.29) is 16.8 Å². The van der Waals surface area contributed by atoms with Crippen molar-refractivity contribution in [3.8, 4) is 16.9 Å². The van der Waals surface area contributed by atoms with Crippen LogP contribution in [0, 0.1) is 0 Å². The van der Waals surface area contributed by atoms with E-state index in [2.05, 4.69) is 0 Å². The van der Waals surface area contributed by atoms with Gasteiger partial charge in [0.05, 0.1) is 28.7 Å². The minimum absolute atomic E-state index is 0.0704. The van der Waals surface area contributed by atoms with Gasteiger partial charge in [0.2, 0.25) is 10.0 Å². The summed E-state index contributed by atoms with van der Waals surface area (Å²) in [5, 5.41) is 4.85. The fraction of sp³-hybridized carbons (Fsp3) is 0.321. The standard InChI is InChI=1S/C28H28N4O4S3/c33-27-25(38-28(37)32(27)23-10-4-5-11-23)18-21-19-31(22-8-2-1-3-9-22)29-26(21)20-7-6-12-24(17-20)39(34,35)30-13-15-36-16-14-30/h1-3,6-9,12,17-19,23H,4-5,10-11,13-16H2/b25-18-. The molecule has 0 radical (unpaired) electrons. The fourth-order valence-electron chi connectivity index (χ4n) is 5.27.